The highest BCUT2D eigenvalue weighted by molar-refractivity contribution is 7.99. The Morgan fingerprint density at radius 2 is 2.08 bits per heavy atom. The SMILES string of the molecule is CCOc1cc(C=NNC(=O)CCSc2ccccc2)ccc1O. The summed E-state index contributed by atoms with van der Waals surface area (Å²) >= 11 is 1.63. The van der Waals surface area contributed by atoms with Crippen molar-refractivity contribution in [1.29, 1.82) is 0 Å². The molecule has 2 rings (SSSR count). The maximum absolute atomic E-state index is 11.7. The largest absolute Gasteiger partial charge is 0.504 e. The van der Waals surface area contributed by atoms with E-state index in [-0.39, 0.29) is 11.7 Å². The second-order valence-corrected chi connectivity index (χ2v) is 6.03. The van der Waals surface area contributed by atoms with Crippen LogP contribution in [0.15, 0.2) is 58.5 Å². The number of aromatic hydroxyl groups is 1. The van der Waals surface area contributed by atoms with Gasteiger partial charge in [0.2, 0.25) is 5.91 Å². The molecule has 0 saturated carbocycles. The van der Waals surface area contributed by atoms with Gasteiger partial charge in [-0.1, -0.05) is 18.2 Å². The Morgan fingerprint density at radius 1 is 1.29 bits per heavy atom. The number of carbonyl (C=O) groups is 1. The summed E-state index contributed by atoms with van der Waals surface area (Å²) in [5.74, 6) is 1.03. The second kappa shape index (κ2) is 9.62. The molecule has 126 valence electrons. The van der Waals surface area contributed by atoms with Crippen LogP contribution in [0.5, 0.6) is 11.5 Å². The molecule has 0 saturated heterocycles. The van der Waals surface area contributed by atoms with Crippen molar-refractivity contribution in [2.75, 3.05) is 12.4 Å². The van der Waals surface area contributed by atoms with E-state index in [0.717, 1.165) is 10.5 Å². The van der Waals surface area contributed by atoms with Gasteiger partial charge in [-0.25, -0.2) is 5.43 Å². The van der Waals surface area contributed by atoms with Crippen LogP contribution in [-0.2, 0) is 4.79 Å². The maximum Gasteiger partial charge on any atom is 0.240 e. The van der Waals surface area contributed by atoms with E-state index in [4.69, 9.17) is 4.74 Å². The molecule has 0 spiro atoms. The van der Waals surface area contributed by atoms with E-state index in [9.17, 15) is 9.90 Å². The third-order valence-corrected chi connectivity index (χ3v) is 4.04. The summed E-state index contributed by atoms with van der Waals surface area (Å²) in [6, 6.07) is 14.8. The molecule has 24 heavy (non-hydrogen) atoms. The first-order valence-corrected chi connectivity index (χ1v) is 8.63. The highest BCUT2D eigenvalue weighted by Gasteiger charge is 2.03. The zero-order chi connectivity index (χ0) is 17.2. The number of phenols is 1. The second-order valence-electron chi connectivity index (χ2n) is 4.86. The van der Waals surface area contributed by atoms with Crippen molar-refractivity contribution in [3.05, 3.63) is 54.1 Å². The van der Waals surface area contributed by atoms with Gasteiger partial charge in [-0.2, -0.15) is 5.10 Å². The highest BCUT2D eigenvalue weighted by atomic mass is 32.2. The number of hydrazone groups is 1. The van der Waals surface area contributed by atoms with Gasteiger partial charge in [0.05, 0.1) is 12.8 Å². The maximum atomic E-state index is 11.7. The van der Waals surface area contributed by atoms with Gasteiger partial charge in [-0.05, 0) is 42.8 Å². The lowest BCUT2D eigenvalue weighted by atomic mass is 10.2. The number of carbonyl (C=O) groups excluding carboxylic acids is 1. The van der Waals surface area contributed by atoms with E-state index in [2.05, 4.69) is 10.5 Å². The number of thioether (sulfide) groups is 1. The average Bonchev–Trinajstić information content (AvgIpc) is 2.59. The van der Waals surface area contributed by atoms with Crippen LogP contribution < -0.4 is 10.2 Å². The van der Waals surface area contributed by atoms with Gasteiger partial charge in [-0.3, -0.25) is 4.79 Å². The fourth-order valence-electron chi connectivity index (χ4n) is 1.90. The molecule has 6 heteroatoms. The first-order chi connectivity index (χ1) is 11.7. The van der Waals surface area contributed by atoms with Crippen LogP contribution in [0.25, 0.3) is 0 Å². The molecule has 0 aromatic heterocycles. The van der Waals surface area contributed by atoms with Crippen LogP contribution in [-0.4, -0.2) is 29.6 Å². The predicted molar refractivity (Wildman–Crippen MR) is 96.8 cm³/mol. The summed E-state index contributed by atoms with van der Waals surface area (Å²) in [5, 5.41) is 13.6. The van der Waals surface area contributed by atoms with Crippen molar-refractivity contribution >= 4 is 23.9 Å². The van der Waals surface area contributed by atoms with E-state index < -0.39 is 0 Å². The van der Waals surface area contributed by atoms with Crippen molar-refractivity contribution in [2.45, 2.75) is 18.2 Å². The molecular formula is C18H20N2O3S. The zero-order valence-corrected chi connectivity index (χ0v) is 14.3. The van der Waals surface area contributed by atoms with Gasteiger partial charge in [0.15, 0.2) is 11.5 Å². The van der Waals surface area contributed by atoms with Crippen LogP contribution in [0.4, 0.5) is 0 Å². The van der Waals surface area contributed by atoms with Crippen molar-refractivity contribution in [2.24, 2.45) is 5.10 Å². The molecule has 0 aliphatic rings. The smallest absolute Gasteiger partial charge is 0.240 e. The lowest BCUT2D eigenvalue weighted by Gasteiger charge is -2.06. The normalized spacial score (nSPS) is 10.7. The summed E-state index contributed by atoms with van der Waals surface area (Å²) in [4.78, 5) is 12.9. The third-order valence-electron chi connectivity index (χ3n) is 3.03. The Balaban J connectivity index is 1.76. The van der Waals surface area contributed by atoms with E-state index >= 15 is 0 Å². The van der Waals surface area contributed by atoms with Crippen LogP contribution in [0.2, 0.25) is 0 Å². The van der Waals surface area contributed by atoms with E-state index in [1.807, 2.05) is 37.3 Å². The monoisotopic (exact) mass is 344 g/mol. The predicted octanol–water partition coefficient (Wildman–Crippen LogP) is 3.42. The molecule has 2 aromatic carbocycles. The van der Waals surface area contributed by atoms with Crippen molar-refractivity contribution in [3.8, 4) is 11.5 Å². The van der Waals surface area contributed by atoms with E-state index in [0.29, 0.717) is 24.5 Å². The molecule has 0 atom stereocenters. The number of hydrogen-bond donors (Lipinski definition) is 2. The summed E-state index contributed by atoms with van der Waals surface area (Å²) in [7, 11) is 0. The van der Waals surface area contributed by atoms with Gasteiger partial charge in [0.25, 0.3) is 0 Å². The molecule has 2 aromatic rings. The fraction of sp³-hybridized carbons (Fsp3) is 0.222. The van der Waals surface area contributed by atoms with Crippen molar-refractivity contribution in [3.63, 3.8) is 0 Å². The molecule has 0 aliphatic heterocycles. The number of benzene rings is 2. The van der Waals surface area contributed by atoms with Gasteiger partial charge in [0, 0.05) is 17.1 Å². The molecular weight excluding hydrogens is 324 g/mol. The first-order valence-electron chi connectivity index (χ1n) is 7.64. The minimum absolute atomic E-state index is 0.0796. The molecule has 0 radical (unpaired) electrons. The van der Waals surface area contributed by atoms with Crippen LogP contribution in [0.3, 0.4) is 0 Å². The number of phenolic OH excluding ortho intramolecular Hbond substituents is 1. The summed E-state index contributed by atoms with van der Waals surface area (Å²) in [6.45, 7) is 2.30. The number of rotatable bonds is 8. The molecule has 2 N–H and O–H groups in total. The van der Waals surface area contributed by atoms with Crippen LogP contribution in [0, 0.1) is 0 Å². The Labute approximate surface area is 145 Å². The average molecular weight is 344 g/mol. The van der Waals surface area contributed by atoms with E-state index in [1.54, 1.807) is 23.9 Å². The van der Waals surface area contributed by atoms with Gasteiger partial charge < -0.3 is 9.84 Å². The number of hydrogen-bond acceptors (Lipinski definition) is 5. The molecule has 0 aliphatic carbocycles. The Bertz CT molecular complexity index is 690. The number of amides is 1. The quantitative estimate of drug-likeness (QED) is 0.437. The molecule has 0 unspecified atom stereocenters. The van der Waals surface area contributed by atoms with Crippen LogP contribution >= 0.6 is 11.8 Å². The number of ether oxygens (including phenoxy) is 1. The van der Waals surface area contributed by atoms with Crippen molar-refractivity contribution in [1.82, 2.24) is 5.43 Å². The minimum Gasteiger partial charge on any atom is -0.504 e. The number of nitrogens with one attached hydrogen (secondary N) is 1. The Morgan fingerprint density at radius 3 is 2.83 bits per heavy atom. The molecule has 1 amide bonds. The van der Waals surface area contributed by atoms with Gasteiger partial charge in [0.1, 0.15) is 0 Å². The zero-order valence-electron chi connectivity index (χ0n) is 13.4. The summed E-state index contributed by atoms with van der Waals surface area (Å²) in [6.07, 6.45) is 1.90. The summed E-state index contributed by atoms with van der Waals surface area (Å²) < 4.78 is 5.30. The van der Waals surface area contributed by atoms with Gasteiger partial charge in [-0.15, -0.1) is 11.8 Å². The standard InChI is InChI=1S/C18H20N2O3S/c1-2-23-17-12-14(8-9-16(17)21)13-19-20-18(22)10-11-24-15-6-4-3-5-7-15/h3-9,12-13,21H,2,10-11H2,1H3,(H,20,22). The van der Waals surface area contributed by atoms with Gasteiger partial charge >= 0.3 is 0 Å². The molecule has 0 fully saturated rings. The molecule has 5 nitrogen and oxygen atoms in total. The van der Waals surface area contributed by atoms with E-state index in [1.165, 1.54) is 12.3 Å². The first kappa shape index (κ1) is 17.9. The Kier molecular flexibility index (Phi) is 7.17. The topological polar surface area (TPSA) is 70.9 Å². The minimum atomic E-state index is -0.140. The summed E-state index contributed by atoms with van der Waals surface area (Å²) in [5.41, 5.74) is 3.23. The number of nitrogens with zero attached hydrogens (tertiary/aromatic N) is 1. The Hall–Kier alpha value is -2.47. The lowest BCUT2D eigenvalue weighted by molar-refractivity contribution is -0.120. The third kappa shape index (κ3) is 5.96. The van der Waals surface area contributed by atoms with Crippen molar-refractivity contribution < 1.29 is 14.6 Å². The molecule has 0 bridgehead atoms. The van der Waals surface area contributed by atoms with Crippen LogP contribution in [0.1, 0.15) is 18.9 Å². The lowest BCUT2D eigenvalue weighted by Crippen LogP contribution is -2.17. The molecule has 0 heterocycles. The highest BCUT2D eigenvalue weighted by Crippen LogP contribution is 2.26. The fourth-order valence-corrected chi connectivity index (χ4v) is 2.77.